The van der Waals surface area contributed by atoms with Crippen molar-refractivity contribution in [3.63, 3.8) is 0 Å². The summed E-state index contributed by atoms with van der Waals surface area (Å²) in [6.07, 6.45) is -0.932. The van der Waals surface area contributed by atoms with Gasteiger partial charge in [-0.25, -0.2) is 0 Å². The van der Waals surface area contributed by atoms with Crippen LogP contribution in [0.15, 0.2) is 0 Å². The molecule has 0 spiro atoms. The van der Waals surface area contributed by atoms with Crippen LogP contribution in [0.4, 0.5) is 5.69 Å². The fourth-order valence-electron chi connectivity index (χ4n) is 3.60. The summed E-state index contributed by atoms with van der Waals surface area (Å²) in [5, 5.41) is 5.51. The number of ether oxygens (including phenoxy) is 6. The zero-order valence-electron chi connectivity index (χ0n) is 24.1. The Balaban J connectivity index is 2.63. The fraction of sp³-hybridized carbons (Fsp3) is 0.538. The van der Waals surface area contributed by atoms with E-state index >= 15 is 0 Å². The third-order valence-electron chi connectivity index (χ3n) is 5.64. The van der Waals surface area contributed by atoms with Gasteiger partial charge in [-0.3, -0.25) is 28.8 Å². The number of rotatable bonds is 12. The largest absolute Gasteiger partial charge is 0.463 e. The van der Waals surface area contributed by atoms with Crippen LogP contribution in [0.5, 0.6) is 0 Å². The second kappa shape index (κ2) is 15.9. The summed E-state index contributed by atoms with van der Waals surface area (Å²) in [5.41, 5.74) is -0.958. The first-order valence-corrected chi connectivity index (χ1v) is 15.8. The van der Waals surface area contributed by atoms with E-state index in [1.165, 1.54) is 6.92 Å². The Morgan fingerprint density at radius 3 is 1.72 bits per heavy atom. The van der Waals surface area contributed by atoms with Gasteiger partial charge in [0.05, 0.1) is 21.4 Å². The Labute approximate surface area is 288 Å². The molecular formula is C26H31I3N2O12. The highest BCUT2D eigenvalue weighted by molar-refractivity contribution is 14.1. The molecule has 1 fully saturated rings. The van der Waals surface area contributed by atoms with E-state index in [1.807, 2.05) is 67.8 Å². The molecule has 2 amide bonds. The van der Waals surface area contributed by atoms with E-state index in [-0.39, 0.29) is 24.5 Å². The first kappa shape index (κ1) is 37.3. The van der Waals surface area contributed by atoms with Gasteiger partial charge in [0.25, 0.3) is 11.8 Å². The molecule has 1 atom stereocenters. The van der Waals surface area contributed by atoms with Crippen molar-refractivity contribution in [3.05, 3.63) is 21.8 Å². The number of anilines is 1. The van der Waals surface area contributed by atoms with Gasteiger partial charge >= 0.3 is 23.9 Å². The van der Waals surface area contributed by atoms with Crippen LogP contribution in [0, 0.1) is 10.7 Å². The average Bonchev–Trinajstić information content (AvgIpc) is 3.26. The standard InChI is InChI=1S/C26H31I3N2O12/c1-12(32)38-7-16-19(27)18(21(29)22(20(16)28)30-23(36)17-8-42-25(5,6)43-17)24(37)31-26(9-39-13(2)33,10-40-14(3)34)11-41-15(4)35/h17H,7-11H2,1-6H3,(H,30,36)(H,31,37). The molecule has 43 heavy (non-hydrogen) atoms. The Hall–Kier alpha value is -1.85. The Bertz CT molecular complexity index is 1260. The van der Waals surface area contributed by atoms with E-state index in [0.29, 0.717) is 16.3 Å². The minimum Gasteiger partial charge on any atom is -0.463 e. The smallest absolute Gasteiger partial charge is 0.302 e. The number of amides is 2. The molecule has 1 saturated heterocycles. The maximum Gasteiger partial charge on any atom is 0.302 e. The normalized spacial score (nSPS) is 15.7. The molecule has 1 aromatic rings. The quantitative estimate of drug-likeness (QED) is 0.178. The van der Waals surface area contributed by atoms with Crippen LogP contribution >= 0.6 is 67.8 Å². The van der Waals surface area contributed by atoms with Crippen LogP contribution in [0.3, 0.4) is 0 Å². The van der Waals surface area contributed by atoms with Crippen molar-refractivity contribution in [1.29, 1.82) is 0 Å². The minimum absolute atomic E-state index is 0.00890. The Morgan fingerprint density at radius 2 is 1.30 bits per heavy atom. The topological polar surface area (TPSA) is 182 Å². The average molecular weight is 944 g/mol. The molecule has 1 aliphatic rings. The molecule has 238 valence electrons. The molecule has 2 rings (SSSR count). The molecule has 0 aromatic heterocycles. The van der Waals surface area contributed by atoms with Crippen molar-refractivity contribution < 1.29 is 57.2 Å². The summed E-state index contributed by atoms with van der Waals surface area (Å²) in [5.74, 6) is -4.90. The minimum atomic E-state index is -1.69. The first-order chi connectivity index (χ1) is 19.9. The second-order valence-electron chi connectivity index (χ2n) is 9.83. The summed E-state index contributed by atoms with van der Waals surface area (Å²) < 4.78 is 33.0. The van der Waals surface area contributed by atoms with E-state index in [1.54, 1.807) is 13.8 Å². The van der Waals surface area contributed by atoms with Crippen LogP contribution in [0.2, 0.25) is 0 Å². The maximum absolute atomic E-state index is 14.0. The van der Waals surface area contributed by atoms with Gasteiger partial charge in [0.1, 0.15) is 32.0 Å². The van der Waals surface area contributed by atoms with Crippen molar-refractivity contribution in [2.45, 2.75) is 65.6 Å². The van der Waals surface area contributed by atoms with Crippen LogP contribution < -0.4 is 10.6 Å². The lowest BCUT2D eigenvalue weighted by Gasteiger charge is -2.33. The van der Waals surface area contributed by atoms with Crippen molar-refractivity contribution >= 4 is 109 Å². The highest BCUT2D eigenvalue weighted by atomic mass is 127. The first-order valence-electron chi connectivity index (χ1n) is 12.6. The molecule has 2 N–H and O–H groups in total. The lowest BCUT2D eigenvalue weighted by Crippen LogP contribution is -2.59. The van der Waals surface area contributed by atoms with E-state index in [4.69, 9.17) is 28.4 Å². The molecule has 0 radical (unpaired) electrons. The van der Waals surface area contributed by atoms with E-state index in [2.05, 4.69) is 10.6 Å². The molecule has 1 aliphatic heterocycles. The van der Waals surface area contributed by atoms with Crippen LogP contribution in [0.1, 0.15) is 57.5 Å². The molecular weight excluding hydrogens is 913 g/mol. The van der Waals surface area contributed by atoms with Gasteiger partial charge in [-0.1, -0.05) is 0 Å². The highest BCUT2D eigenvalue weighted by Gasteiger charge is 2.40. The van der Waals surface area contributed by atoms with Gasteiger partial charge in [0, 0.05) is 40.4 Å². The number of carbonyl (C=O) groups is 6. The molecule has 14 nitrogen and oxygen atoms in total. The van der Waals surface area contributed by atoms with Crippen molar-refractivity contribution in [1.82, 2.24) is 5.32 Å². The summed E-state index contributed by atoms with van der Waals surface area (Å²) in [7, 11) is 0. The molecule has 1 aromatic carbocycles. The lowest BCUT2D eigenvalue weighted by molar-refractivity contribution is -0.153. The van der Waals surface area contributed by atoms with Crippen molar-refractivity contribution in [2.24, 2.45) is 0 Å². The maximum atomic E-state index is 14.0. The molecule has 0 bridgehead atoms. The third-order valence-corrected chi connectivity index (χ3v) is 9.10. The van der Waals surface area contributed by atoms with Gasteiger partial charge in [0.2, 0.25) is 0 Å². The van der Waals surface area contributed by atoms with Crippen molar-refractivity contribution in [3.8, 4) is 0 Å². The van der Waals surface area contributed by atoms with Gasteiger partial charge in [-0.15, -0.1) is 0 Å². The predicted octanol–water partition coefficient (Wildman–Crippen LogP) is 2.81. The molecule has 0 saturated carbocycles. The van der Waals surface area contributed by atoms with Crippen LogP contribution in [0.25, 0.3) is 0 Å². The SMILES string of the molecule is CC(=O)OCc1c(I)c(NC(=O)C2COC(C)(C)O2)c(I)c(C(=O)NC(COC(C)=O)(COC(C)=O)COC(C)=O)c1I. The molecule has 0 aliphatic carbocycles. The lowest BCUT2D eigenvalue weighted by atomic mass is 10.0. The number of nitrogens with one attached hydrogen (secondary N) is 2. The highest BCUT2D eigenvalue weighted by Crippen LogP contribution is 2.37. The zero-order chi connectivity index (χ0) is 32.7. The number of halogens is 3. The zero-order valence-corrected chi connectivity index (χ0v) is 30.6. The fourth-order valence-corrected chi connectivity index (χ4v) is 7.84. The van der Waals surface area contributed by atoms with E-state index in [9.17, 15) is 28.8 Å². The predicted molar refractivity (Wildman–Crippen MR) is 174 cm³/mol. The summed E-state index contributed by atoms with van der Waals surface area (Å²) >= 11 is 5.80. The second-order valence-corrected chi connectivity index (χ2v) is 13.1. The molecule has 1 heterocycles. The van der Waals surface area contributed by atoms with E-state index in [0.717, 1.165) is 20.8 Å². The van der Waals surface area contributed by atoms with Gasteiger partial charge < -0.3 is 39.1 Å². The number of esters is 4. The van der Waals surface area contributed by atoms with E-state index < -0.39 is 72.9 Å². The number of carbonyl (C=O) groups excluding carboxylic acids is 6. The van der Waals surface area contributed by atoms with Gasteiger partial charge in [-0.2, -0.15) is 0 Å². The number of hydrogen-bond acceptors (Lipinski definition) is 12. The van der Waals surface area contributed by atoms with Gasteiger partial charge in [-0.05, 0) is 81.6 Å². The third kappa shape index (κ3) is 10.9. The summed E-state index contributed by atoms with van der Waals surface area (Å²) in [4.78, 5) is 73.9. The summed E-state index contributed by atoms with van der Waals surface area (Å²) in [6.45, 7) is 6.27. The van der Waals surface area contributed by atoms with Crippen LogP contribution in [-0.2, 0) is 59.0 Å². The van der Waals surface area contributed by atoms with Crippen LogP contribution in [-0.4, -0.2) is 79.5 Å². The van der Waals surface area contributed by atoms with Crippen molar-refractivity contribution in [2.75, 3.05) is 31.7 Å². The Morgan fingerprint density at radius 1 is 0.814 bits per heavy atom. The number of benzene rings is 1. The summed E-state index contributed by atoms with van der Waals surface area (Å²) in [6, 6.07) is 0. The monoisotopic (exact) mass is 944 g/mol. The number of hydrogen-bond donors (Lipinski definition) is 2. The molecule has 1 unspecified atom stereocenters. The Kier molecular flexibility index (Phi) is 13.8. The molecule has 17 heteroatoms. The van der Waals surface area contributed by atoms with Gasteiger partial charge in [0.15, 0.2) is 11.9 Å².